The van der Waals surface area contributed by atoms with Crippen molar-refractivity contribution in [2.45, 2.75) is 37.5 Å². The zero-order valence-electron chi connectivity index (χ0n) is 29.9. The molecule has 1 aromatic heterocycles. The minimum Gasteiger partial charge on any atom is -0.313 e. The fourth-order valence-corrected chi connectivity index (χ4v) is 8.95. The normalized spacial score (nSPS) is 17.3. The van der Waals surface area contributed by atoms with Gasteiger partial charge < -0.3 is 4.57 Å². The molecule has 2 atom stereocenters. The number of rotatable bonds is 5. The van der Waals surface area contributed by atoms with Crippen LogP contribution in [-0.4, -0.2) is 4.57 Å². The molecule has 7 aromatic rings. The van der Waals surface area contributed by atoms with Gasteiger partial charge in [-0.2, -0.15) is 0 Å². The molecule has 6 aromatic carbocycles. The molecule has 1 nitrogen and oxygen atoms in total. The largest absolute Gasteiger partial charge is 0.313 e. The average molecular weight is 680 g/mol. The second-order valence-electron chi connectivity index (χ2n) is 14.9. The lowest BCUT2D eigenvalue weighted by Gasteiger charge is -2.29. The van der Waals surface area contributed by atoms with Gasteiger partial charge in [-0.25, -0.2) is 0 Å². The van der Waals surface area contributed by atoms with Gasteiger partial charge in [0.05, 0.1) is 5.52 Å². The highest BCUT2D eigenvalue weighted by molar-refractivity contribution is 5.96. The van der Waals surface area contributed by atoms with Crippen LogP contribution in [-0.2, 0) is 12.8 Å². The molecule has 0 saturated carbocycles. The van der Waals surface area contributed by atoms with E-state index in [2.05, 4.69) is 187 Å². The Hall–Kier alpha value is -6.18. The van der Waals surface area contributed by atoms with Crippen molar-refractivity contribution < 1.29 is 0 Å². The predicted octanol–water partition coefficient (Wildman–Crippen LogP) is 13.4. The molecule has 10 rings (SSSR count). The van der Waals surface area contributed by atoms with Gasteiger partial charge in [-0.3, -0.25) is 0 Å². The molecule has 53 heavy (non-hydrogen) atoms. The van der Waals surface area contributed by atoms with Crippen molar-refractivity contribution in [1.82, 2.24) is 4.57 Å². The summed E-state index contributed by atoms with van der Waals surface area (Å²) < 4.78 is 2.48. The smallest absolute Gasteiger partial charge is 0.0544 e. The summed E-state index contributed by atoms with van der Waals surface area (Å²) in [6.07, 6.45) is 17.4. The molecule has 0 saturated heterocycles. The number of hydrogen-bond acceptors (Lipinski definition) is 0. The lowest BCUT2D eigenvalue weighted by molar-refractivity contribution is 0.789. The quantitative estimate of drug-likeness (QED) is 0.160. The highest BCUT2D eigenvalue weighted by atomic mass is 15.0. The molecule has 1 unspecified atom stereocenters. The summed E-state index contributed by atoms with van der Waals surface area (Å²) in [4.78, 5) is 0. The van der Waals surface area contributed by atoms with Gasteiger partial charge in [0.1, 0.15) is 0 Å². The summed E-state index contributed by atoms with van der Waals surface area (Å²) >= 11 is 0. The van der Waals surface area contributed by atoms with E-state index in [0.717, 1.165) is 25.7 Å². The van der Waals surface area contributed by atoms with E-state index < -0.39 is 0 Å². The third-order valence-electron chi connectivity index (χ3n) is 11.7. The second kappa shape index (κ2) is 13.1. The Kier molecular flexibility index (Phi) is 7.80. The van der Waals surface area contributed by atoms with E-state index >= 15 is 0 Å². The van der Waals surface area contributed by atoms with Gasteiger partial charge in [0, 0.05) is 40.6 Å². The highest BCUT2D eigenvalue weighted by Crippen LogP contribution is 2.45. The Morgan fingerprint density at radius 1 is 0.604 bits per heavy atom. The molecule has 1 heterocycles. The van der Waals surface area contributed by atoms with Crippen molar-refractivity contribution >= 4 is 17.0 Å². The molecule has 0 aliphatic heterocycles. The lowest BCUT2D eigenvalue weighted by Crippen LogP contribution is -2.13. The molecule has 0 fully saturated rings. The average Bonchev–Trinajstić information content (AvgIpc) is 3.38. The van der Waals surface area contributed by atoms with Gasteiger partial charge in [0.2, 0.25) is 0 Å². The van der Waals surface area contributed by atoms with Crippen LogP contribution in [0.1, 0.15) is 58.2 Å². The molecule has 0 radical (unpaired) electrons. The molecule has 1 heteroatoms. The van der Waals surface area contributed by atoms with Crippen molar-refractivity contribution in [2.75, 3.05) is 0 Å². The monoisotopic (exact) mass is 679 g/mol. The van der Waals surface area contributed by atoms with E-state index in [9.17, 15) is 0 Å². The topological polar surface area (TPSA) is 4.93 Å². The van der Waals surface area contributed by atoms with Gasteiger partial charge in [-0.1, -0.05) is 164 Å². The summed E-state index contributed by atoms with van der Waals surface area (Å²) in [5.74, 6) is 0.812. The maximum absolute atomic E-state index is 4.43. The first-order valence-corrected chi connectivity index (χ1v) is 19.0. The molecule has 0 spiro atoms. The van der Waals surface area contributed by atoms with E-state index in [1.807, 2.05) is 0 Å². The van der Waals surface area contributed by atoms with Crippen molar-refractivity contribution in [2.24, 2.45) is 0 Å². The summed E-state index contributed by atoms with van der Waals surface area (Å²) in [7, 11) is 0. The van der Waals surface area contributed by atoms with Crippen molar-refractivity contribution in [3.05, 3.63) is 216 Å². The number of nitrogens with zero attached hydrogens (tertiary/aromatic N) is 1. The highest BCUT2D eigenvalue weighted by Gasteiger charge is 2.27. The van der Waals surface area contributed by atoms with E-state index in [-0.39, 0.29) is 0 Å². The van der Waals surface area contributed by atoms with Crippen LogP contribution < -0.4 is 0 Å². The molecule has 0 bridgehead atoms. The van der Waals surface area contributed by atoms with E-state index in [1.165, 1.54) is 89.1 Å². The van der Waals surface area contributed by atoms with Gasteiger partial charge in [-0.15, -0.1) is 0 Å². The van der Waals surface area contributed by atoms with Crippen molar-refractivity contribution in [3.63, 3.8) is 0 Å². The van der Waals surface area contributed by atoms with Crippen LogP contribution in [0.15, 0.2) is 182 Å². The first kappa shape index (κ1) is 31.5. The van der Waals surface area contributed by atoms with Crippen molar-refractivity contribution in [3.8, 4) is 39.1 Å². The Bertz CT molecular complexity index is 2610. The predicted molar refractivity (Wildman–Crippen MR) is 224 cm³/mol. The van der Waals surface area contributed by atoms with E-state index in [4.69, 9.17) is 0 Å². The maximum atomic E-state index is 4.43. The molecular weight excluding hydrogens is 639 g/mol. The number of aromatic nitrogens is 1. The van der Waals surface area contributed by atoms with E-state index in [0.29, 0.717) is 11.8 Å². The van der Waals surface area contributed by atoms with Crippen molar-refractivity contribution in [1.29, 1.82) is 0 Å². The SMILES string of the molecule is C=C1CC=Cc2c(n(-c3ccc(-c4ccccc4)cc3)c3cc(-c4ccc5c(c4)-c4ccccc4[C@@H](c4ccc(C6C=CC=CC6)cc4)C5)ccc23)C1. The van der Waals surface area contributed by atoms with Crippen LogP contribution in [0.2, 0.25) is 0 Å². The third-order valence-corrected chi connectivity index (χ3v) is 11.7. The molecule has 0 N–H and O–H groups in total. The molecule has 3 aliphatic rings. The standard InChI is InChI=1S/C52H41N/c1-35-11-10-18-47-48-30-27-42(34-52(48)53(51(47)31-35)44-28-25-39(26-29-44)37-14-6-3-7-15-37)41-23-24-43-33-49(45-16-8-9-17-46(45)50(43)32-41)40-21-19-38(20-22-40)36-12-4-2-5-13-36/h2-10,12,14-30,32,34,36,49H,1,11,13,31,33H2/t36?,49-/m1/s1. The van der Waals surface area contributed by atoms with Crippen LogP contribution in [0.25, 0.3) is 56.0 Å². The Balaban J connectivity index is 1.04. The number of fused-ring (bicyclic) bond motifs is 6. The maximum Gasteiger partial charge on any atom is 0.0544 e. The first-order chi connectivity index (χ1) is 26.2. The number of allylic oxidation sites excluding steroid dienone is 6. The minimum atomic E-state index is 0.339. The Labute approximate surface area is 312 Å². The summed E-state index contributed by atoms with van der Waals surface area (Å²) in [6, 6.07) is 52.4. The number of hydrogen-bond donors (Lipinski definition) is 0. The van der Waals surface area contributed by atoms with Crippen LogP contribution in [0.4, 0.5) is 0 Å². The Morgan fingerprint density at radius 3 is 2.17 bits per heavy atom. The van der Waals surface area contributed by atoms with Crippen LogP contribution in [0.5, 0.6) is 0 Å². The fourth-order valence-electron chi connectivity index (χ4n) is 8.95. The van der Waals surface area contributed by atoms with Crippen LogP contribution in [0.3, 0.4) is 0 Å². The van der Waals surface area contributed by atoms with Gasteiger partial charge in [0.15, 0.2) is 0 Å². The summed E-state index contributed by atoms with van der Waals surface area (Å²) in [5, 5.41) is 1.29. The minimum absolute atomic E-state index is 0.339. The third kappa shape index (κ3) is 5.65. The summed E-state index contributed by atoms with van der Waals surface area (Å²) in [6.45, 7) is 4.43. The molecule has 0 amide bonds. The molecular formula is C52H41N. The van der Waals surface area contributed by atoms with Gasteiger partial charge in [0.25, 0.3) is 0 Å². The van der Waals surface area contributed by atoms with Gasteiger partial charge >= 0.3 is 0 Å². The molecule has 3 aliphatic carbocycles. The first-order valence-electron chi connectivity index (χ1n) is 19.0. The van der Waals surface area contributed by atoms with Crippen LogP contribution in [0, 0.1) is 0 Å². The van der Waals surface area contributed by atoms with E-state index in [1.54, 1.807) is 0 Å². The fraction of sp³-hybridized carbons (Fsp3) is 0.115. The van der Waals surface area contributed by atoms with Gasteiger partial charge in [-0.05, 0) is 99.2 Å². The van der Waals surface area contributed by atoms with Crippen LogP contribution >= 0.6 is 0 Å². The zero-order chi connectivity index (χ0) is 35.3. The zero-order valence-corrected chi connectivity index (χ0v) is 29.9. The Morgan fingerprint density at radius 2 is 1.34 bits per heavy atom. The number of benzene rings is 6. The molecule has 254 valence electrons. The lowest BCUT2D eigenvalue weighted by atomic mass is 9.75. The second-order valence-corrected chi connectivity index (χ2v) is 14.9. The summed E-state index contributed by atoms with van der Waals surface area (Å²) in [5.41, 5.74) is 19.6.